The molecule has 0 bridgehead atoms. The SMILES string of the molecule is O=C(N[C@H](NC(=S)Nc1cc(Cl)ccc1Cl)C(Cl)(Cl)Cl)c1ccc(Cl)cc1Cl. The molecule has 1 amide bonds. The highest BCUT2D eigenvalue weighted by Crippen LogP contribution is 2.30. The molecule has 0 saturated carbocycles. The molecular weight excluding hydrogens is 530 g/mol. The number of hydrogen-bond acceptors (Lipinski definition) is 2. The van der Waals surface area contributed by atoms with Gasteiger partial charge in [-0.2, -0.15) is 0 Å². The summed E-state index contributed by atoms with van der Waals surface area (Å²) in [6, 6.07) is 9.14. The third-order valence-electron chi connectivity index (χ3n) is 3.23. The van der Waals surface area contributed by atoms with Crippen molar-refractivity contribution in [3.63, 3.8) is 0 Å². The maximum atomic E-state index is 12.5. The minimum atomic E-state index is -1.95. The Bertz CT molecular complexity index is 904. The maximum absolute atomic E-state index is 12.5. The second kappa shape index (κ2) is 10.1. The molecule has 0 aromatic heterocycles. The smallest absolute Gasteiger partial charge is 0.254 e. The Hall–Kier alpha value is -0.370. The molecule has 12 heteroatoms. The number of benzene rings is 2. The predicted octanol–water partition coefficient (Wildman–Crippen LogP) is 6.71. The first-order valence-electron chi connectivity index (χ1n) is 7.32. The monoisotopic (exact) mass is 537 g/mol. The Balaban J connectivity index is 2.14. The predicted molar refractivity (Wildman–Crippen MR) is 124 cm³/mol. The van der Waals surface area contributed by atoms with Gasteiger partial charge in [-0.25, -0.2) is 0 Å². The minimum Gasteiger partial charge on any atom is -0.339 e. The Morgan fingerprint density at radius 1 is 0.893 bits per heavy atom. The number of hydrogen-bond donors (Lipinski definition) is 3. The second-order valence-corrected chi connectivity index (χ2v) is 9.76. The van der Waals surface area contributed by atoms with Crippen LogP contribution in [-0.4, -0.2) is 21.0 Å². The number of rotatable bonds is 4. The summed E-state index contributed by atoms with van der Waals surface area (Å²) in [7, 11) is 0. The molecule has 28 heavy (non-hydrogen) atoms. The van der Waals surface area contributed by atoms with Crippen LogP contribution in [0.4, 0.5) is 5.69 Å². The topological polar surface area (TPSA) is 53.2 Å². The van der Waals surface area contributed by atoms with E-state index in [1.165, 1.54) is 18.2 Å². The number of carbonyl (C=O) groups is 1. The molecule has 0 fully saturated rings. The average molecular weight is 541 g/mol. The van der Waals surface area contributed by atoms with Gasteiger partial charge in [-0.15, -0.1) is 0 Å². The van der Waals surface area contributed by atoms with E-state index >= 15 is 0 Å². The first-order valence-corrected chi connectivity index (χ1v) is 10.4. The van der Waals surface area contributed by atoms with E-state index in [1.807, 2.05) is 0 Å². The first-order chi connectivity index (χ1) is 13.0. The fourth-order valence-corrected chi connectivity index (χ4v) is 3.35. The summed E-state index contributed by atoms with van der Waals surface area (Å²) in [5, 5.41) is 9.40. The van der Waals surface area contributed by atoms with Gasteiger partial charge in [-0.1, -0.05) is 81.2 Å². The normalized spacial score (nSPS) is 12.2. The fraction of sp³-hybridized carbons (Fsp3) is 0.125. The van der Waals surface area contributed by atoms with Crippen LogP contribution in [0.5, 0.6) is 0 Å². The van der Waals surface area contributed by atoms with Crippen molar-refractivity contribution < 1.29 is 4.79 Å². The number of carbonyl (C=O) groups excluding carboxylic acids is 1. The molecule has 2 rings (SSSR count). The molecule has 2 aromatic rings. The van der Waals surface area contributed by atoms with Gasteiger partial charge < -0.3 is 16.0 Å². The highest BCUT2D eigenvalue weighted by atomic mass is 35.6. The Labute approximate surface area is 201 Å². The summed E-state index contributed by atoms with van der Waals surface area (Å²) < 4.78 is -1.95. The highest BCUT2D eigenvalue weighted by Gasteiger charge is 2.35. The summed E-state index contributed by atoms with van der Waals surface area (Å²) in [5.74, 6) is -0.603. The van der Waals surface area contributed by atoms with Gasteiger partial charge in [0, 0.05) is 10.0 Å². The Morgan fingerprint density at radius 3 is 2.11 bits per heavy atom. The molecule has 0 saturated heterocycles. The quantitative estimate of drug-likeness (QED) is 0.229. The second-order valence-electron chi connectivity index (χ2n) is 5.29. The largest absolute Gasteiger partial charge is 0.339 e. The zero-order chi connectivity index (χ0) is 21.1. The van der Waals surface area contributed by atoms with Gasteiger partial charge in [0.15, 0.2) is 5.11 Å². The van der Waals surface area contributed by atoms with Crippen molar-refractivity contribution >= 4 is 110 Å². The molecule has 0 aliphatic carbocycles. The standard InChI is InChI=1S/C16H10Cl7N3OS/c17-7-1-3-9(11(20)5-7)13(27)25-14(16(21,22)23)26-15(28)24-12-6-8(18)2-4-10(12)19/h1-6,14H,(H,25,27)(H2,24,26,28)/t14-/m1/s1. The number of anilines is 1. The number of amides is 1. The van der Waals surface area contributed by atoms with E-state index in [-0.39, 0.29) is 15.7 Å². The van der Waals surface area contributed by atoms with Crippen molar-refractivity contribution in [1.82, 2.24) is 10.6 Å². The third-order valence-corrected chi connectivity index (χ3v) is 5.22. The summed E-state index contributed by atoms with van der Waals surface area (Å²) in [4.78, 5) is 12.5. The van der Waals surface area contributed by atoms with Gasteiger partial charge in [0.05, 0.1) is 21.3 Å². The lowest BCUT2D eigenvalue weighted by Gasteiger charge is -2.28. The van der Waals surface area contributed by atoms with Crippen LogP contribution in [0.15, 0.2) is 36.4 Å². The van der Waals surface area contributed by atoms with Crippen LogP contribution in [0.1, 0.15) is 10.4 Å². The number of thiocarbonyl (C=S) groups is 1. The lowest BCUT2D eigenvalue weighted by molar-refractivity contribution is 0.0934. The van der Waals surface area contributed by atoms with E-state index in [0.29, 0.717) is 20.8 Å². The van der Waals surface area contributed by atoms with Gasteiger partial charge >= 0.3 is 0 Å². The first kappa shape index (κ1) is 23.9. The van der Waals surface area contributed by atoms with Gasteiger partial charge in [0.1, 0.15) is 6.17 Å². The van der Waals surface area contributed by atoms with Crippen LogP contribution in [0.3, 0.4) is 0 Å². The van der Waals surface area contributed by atoms with E-state index in [9.17, 15) is 4.79 Å². The number of alkyl halides is 3. The van der Waals surface area contributed by atoms with Crippen molar-refractivity contribution in [3.05, 3.63) is 62.1 Å². The molecule has 0 unspecified atom stereocenters. The summed E-state index contributed by atoms with van der Waals surface area (Å²) >= 11 is 47.0. The molecule has 4 nitrogen and oxygen atoms in total. The zero-order valence-electron chi connectivity index (χ0n) is 13.5. The van der Waals surface area contributed by atoms with Crippen molar-refractivity contribution in [2.45, 2.75) is 9.96 Å². The van der Waals surface area contributed by atoms with Gasteiger partial charge in [-0.3, -0.25) is 4.79 Å². The van der Waals surface area contributed by atoms with Gasteiger partial charge in [-0.05, 0) is 48.6 Å². The van der Waals surface area contributed by atoms with Gasteiger partial charge in [0.2, 0.25) is 3.79 Å². The van der Waals surface area contributed by atoms with Crippen molar-refractivity contribution in [2.75, 3.05) is 5.32 Å². The van der Waals surface area contributed by atoms with Gasteiger partial charge in [0.25, 0.3) is 5.91 Å². The molecule has 0 aliphatic rings. The molecule has 3 N–H and O–H groups in total. The molecule has 2 aromatic carbocycles. The van der Waals surface area contributed by atoms with Crippen LogP contribution in [0.2, 0.25) is 20.1 Å². The zero-order valence-corrected chi connectivity index (χ0v) is 19.6. The summed E-state index contributed by atoms with van der Waals surface area (Å²) in [6.45, 7) is 0. The Kier molecular flexibility index (Phi) is 8.62. The molecule has 150 valence electrons. The number of halogens is 7. The molecule has 1 atom stereocenters. The lowest BCUT2D eigenvalue weighted by atomic mass is 10.2. The van der Waals surface area contributed by atoms with E-state index in [0.717, 1.165) is 0 Å². The summed E-state index contributed by atoms with van der Waals surface area (Å²) in [6.07, 6.45) is -1.20. The molecule has 0 heterocycles. The maximum Gasteiger partial charge on any atom is 0.254 e. The van der Waals surface area contributed by atoms with E-state index < -0.39 is 15.9 Å². The minimum absolute atomic E-state index is 0.0306. The van der Waals surface area contributed by atoms with Crippen molar-refractivity contribution in [3.8, 4) is 0 Å². The van der Waals surface area contributed by atoms with Crippen molar-refractivity contribution in [2.24, 2.45) is 0 Å². The van der Waals surface area contributed by atoms with Crippen LogP contribution in [-0.2, 0) is 0 Å². The lowest BCUT2D eigenvalue weighted by Crippen LogP contribution is -2.56. The van der Waals surface area contributed by atoms with Crippen LogP contribution >= 0.6 is 93.4 Å². The summed E-state index contributed by atoms with van der Waals surface area (Å²) in [5.41, 5.74) is 0.575. The van der Waals surface area contributed by atoms with Crippen LogP contribution in [0.25, 0.3) is 0 Å². The third kappa shape index (κ3) is 6.85. The Morgan fingerprint density at radius 2 is 1.50 bits per heavy atom. The average Bonchev–Trinajstić information content (AvgIpc) is 2.56. The van der Waals surface area contributed by atoms with E-state index in [4.69, 9.17) is 93.4 Å². The van der Waals surface area contributed by atoms with Crippen LogP contribution < -0.4 is 16.0 Å². The van der Waals surface area contributed by atoms with E-state index in [2.05, 4.69) is 16.0 Å². The molecular formula is C16H10Cl7N3OS. The molecule has 0 radical (unpaired) electrons. The highest BCUT2D eigenvalue weighted by molar-refractivity contribution is 7.80. The van der Waals surface area contributed by atoms with Crippen molar-refractivity contribution in [1.29, 1.82) is 0 Å². The molecule has 0 spiro atoms. The molecule has 0 aliphatic heterocycles. The fourth-order valence-electron chi connectivity index (χ4n) is 1.96. The number of nitrogens with one attached hydrogen (secondary N) is 3. The van der Waals surface area contributed by atoms with E-state index in [1.54, 1.807) is 18.2 Å². The van der Waals surface area contributed by atoms with Crippen LogP contribution in [0, 0.1) is 0 Å².